The van der Waals surface area contributed by atoms with Gasteiger partial charge in [-0.25, -0.2) is 0 Å². The van der Waals surface area contributed by atoms with Crippen LogP contribution in [-0.4, -0.2) is 5.16 Å². The molecule has 3 nitrogen and oxygen atoms in total. The van der Waals surface area contributed by atoms with Crippen molar-refractivity contribution in [3.8, 4) is 11.3 Å². The molecular weight excluding hydrogens is 233 g/mol. The van der Waals surface area contributed by atoms with Gasteiger partial charge in [-0.1, -0.05) is 23.4 Å². The Morgan fingerprint density at radius 2 is 1.94 bits per heavy atom. The van der Waals surface area contributed by atoms with Crippen LogP contribution in [0.2, 0.25) is 0 Å². The summed E-state index contributed by atoms with van der Waals surface area (Å²) in [6.45, 7) is 0.123. The van der Waals surface area contributed by atoms with E-state index in [-0.39, 0.29) is 17.9 Å². The molecule has 0 saturated heterocycles. The molecule has 90 valence electrons. The molecule has 0 unspecified atom stereocenters. The largest absolute Gasteiger partial charge is 0.417 e. The van der Waals surface area contributed by atoms with Crippen LogP contribution in [0.1, 0.15) is 11.3 Å². The van der Waals surface area contributed by atoms with E-state index in [2.05, 4.69) is 5.16 Å². The first kappa shape index (κ1) is 11.7. The smallest absolute Gasteiger partial charge is 0.356 e. The molecule has 17 heavy (non-hydrogen) atoms. The molecule has 0 fully saturated rings. The van der Waals surface area contributed by atoms with Gasteiger partial charge in [-0.2, -0.15) is 13.2 Å². The lowest BCUT2D eigenvalue weighted by Gasteiger charge is -2.09. The number of hydrogen-bond donors (Lipinski definition) is 1. The predicted octanol–water partition coefficient (Wildman–Crippen LogP) is 2.82. The molecule has 0 amide bonds. The van der Waals surface area contributed by atoms with Gasteiger partial charge in [0.25, 0.3) is 0 Å². The molecule has 0 aliphatic carbocycles. The van der Waals surface area contributed by atoms with Gasteiger partial charge in [-0.15, -0.1) is 0 Å². The molecule has 0 spiro atoms. The molecule has 0 aliphatic rings. The molecule has 0 radical (unpaired) electrons. The zero-order chi connectivity index (χ0) is 12.5. The predicted molar refractivity (Wildman–Crippen MR) is 54.8 cm³/mol. The van der Waals surface area contributed by atoms with E-state index in [9.17, 15) is 13.2 Å². The lowest BCUT2D eigenvalue weighted by atomic mass is 10.0. The Morgan fingerprint density at radius 1 is 1.24 bits per heavy atom. The normalized spacial score (nSPS) is 11.8. The third-order valence-electron chi connectivity index (χ3n) is 2.27. The number of halogens is 3. The van der Waals surface area contributed by atoms with Crippen molar-refractivity contribution in [1.82, 2.24) is 5.16 Å². The average molecular weight is 242 g/mol. The first-order chi connectivity index (χ1) is 8.02. The maximum atomic E-state index is 12.7. The van der Waals surface area contributed by atoms with Gasteiger partial charge in [0, 0.05) is 18.2 Å². The number of hydrogen-bond acceptors (Lipinski definition) is 3. The van der Waals surface area contributed by atoms with Gasteiger partial charge in [-0.3, -0.25) is 0 Å². The van der Waals surface area contributed by atoms with E-state index in [1.54, 1.807) is 0 Å². The fourth-order valence-corrected chi connectivity index (χ4v) is 1.48. The number of rotatable bonds is 2. The molecule has 2 aromatic rings. The Hall–Kier alpha value is -1.82. The van der Waals surface area contributed by atoms with Crippen molar-refractivity contribution in [3.63, 3.8) is 0 Å². The molecule has 0 bridgehead atoms. The molecule has 1 heterocycles. The Bertz CT molecular complexity index is 519. The van der Waals surface area contributed by atoms with Crippen molar-refractivity contribution in [3.05, 3.63) is 41.6 Å². The van der Waals surface area contributed by atoms with Gasteiger partial charge in [0.05, 0.1) is 11.3 Å². The molecule has 1 aromatic carbocycles. The SMILES string of the molecule is NCc1cc(-c2ccccc2C(F)(F)F)on1. The molecular formula is C11H9F3N2O. The quantitative estimate of drug-likeness (QED) is 0.880. The minimum atomic E-state index is -4.42. The van der Waals surface area contributed by atoms with Crippen LogP contribution in [0.25, 0.3) is 11.3 Å². The van der Waals surface area contributed by atoms with E-state index < -0.39 is 11.7 Å². The highest BCUT2D eigenvalue weighted by Gasteiger charge is 2.34. The third-order valence-corrected chi connectivity index (χ3v) is 2.27. The zero-order valence-electron chi connectivity index (χ0n) is 8.66. The van der Waals surface area contributed by atoms with Crippen LogP contribution < -0.4 is 5.73 Å². The Labute approximate surface area is 95.0 Å². The number of nitrogens with zero attached hydrogens (tertiary/aromatic N) is 1. The summed E-state index contributed by atoms with van der Waals surface area (Å²) in [6.07, 6.45) is -4.42. The van der Waals surface area contributed by atoms with E-state index in [0.717, 1.165) is 6.07 Å². The average Bonchev–Trinajstić information content (AvgIpc) is 2.76. The van der Waals surface area contributed by atoms with Gasteiger partial charge in [0.2, 0.25) is 0 Å². The standard InChI is InChI=1S/C11H9F3N2O/c12-11(13,14)9-4-2-1-3-8(9)10-5-7(6-15)16-17-10/h1-5H,6,15H2. The monoisotopic (exact) mass is 242 g/mol. The molecule has 0 atom stereocenters. The molecule has 2 N–H and O–H groups in total. The van der Waals surface area contributed by atoms with Crippen LogP contribution in [0, 0.1) is 0 Å². The first-order valence-corrected chi connectivity index (χ1v) is 4.84. The molecule has 0 aliphatic heterocycles. The number of aromatic nitrogens is 1. The van der Waals surface area contributed by atoms with Gasteiger partial charge < -0.3 is 10.3 Å². The minimum Gasteiger partial charge on any atom is -0.356 e. The Kier molecular flexibility index (Phi) is 2.89. The van der Waals surface area contributed by atoms with Crippen molar-refractivity contribution < 1.29 is 17.7 Å². The first-order valence-electron chi connectivity index (χ1n) is 4.84. The second kappa shape index (κ2) is 4.21. The summed E-state index contributed by atoms with van der Waals surface area (Å²) < 4.78 is 43.1. The van der Waals surface area contributed by atoms with Crippen molar-refractivity contribution >= 4 is 0 Å². The topological polar surface area (TPSA) is 52.0 Å². The summed E-state index contributed by atoms with van der Waals surface area (Å²) in [5.74, 6) is 0.0679. The van der Waals surface area contributed by atoms with Crippen molar-refractivity contribution in [2.45, 2.75) is 12.7 Å². The van der Waals surface area contributed by atoms with Crippen molar-refractivity contribution in [2.24, 2.45) is 5.73 Å². The Morgan fingerprint density at radius 3 is 2.53 bits per heavy atom. The maximum absolute atomic E-state index is 12.7. The Balaban J connectivity index is 2.52. The van der Waals surface area contributed by atoms with E-state index in [1.165, 1.54) is 24.3 Å². The summed E-state index contributed by atoms with van der Waals surface area (Å²) in [5, 5.41) is 3.57. The molecule has 1 aromatic heterocycles. The third kappa shape index (κ3) is 2.31. The van der Waals surface area contributed by atoms with Crippen LogP contribution in [0.15, 0.2) is 34.9 Å². The van der Waals surface area contributed by atoms with Crippen LogP contribution in [0.3, 0.4) is 0 Å². The summed E-state index contributed by atoms with van der Waals surface area (Å²) in [7, 11) is 0. The van der Waals surface area contributed by atoms with Gasteiger partial charge in [0.1, 0.15) is 0 Å². The maximum Gasteiger partial charge on any atom is 0.417 e. The van der Waals surface area contributed by atoms with Crippen molar-refractivity contribution in [2.75, 3.05) is 0 Å². The van der Waals surface area contributed by atoms with Gasteiger partial charge >= 0.3 is 6.18 Å². The fraction of sp³-hybridized carbons (Fsp3) is 0.182. The minimum absolute atomic E-state index is 0.0350. The summed E-state index contributed by atoms with van der Waals surface area (Å²) >= 11 is 0. The van der Waals surface area contributed by atoms with Crippen molar-refractivity contribution in [1.29, 1.82) is 0 Å². The summed E-state index contributed by atoms with van der Waals surface area (Å²) in [6, 6.07) is 6.58. The van der Waals surface area contributed by atoms with Gasteiger partial charge in [0.15, 0.2) is 5.76 Å². The fourth-order valence-electron chi connectivity index (χ4n) is 1.48. The van der Waals surface area contributed by atoms with Crippen LogP contribution >= 0.6 is 0 Å². The van der Waals surface area contributed by atoms with E-state index in [1.807, 2.05) is 0 Å². The van der Waals surface area contributed by atoms with Gasteiger partial charge in [-0.05, 0) is 6.07 Å². The zero-order valence-corrected chi connectivity index (χ0v) is 8.66. The second-order valence-electron chi connectivity index (χ2n) is 3.43. The van der Waals surface area contributed by atoms with Crippen LogP contribution in [0.4, 0.5) is 13.2 Å². The molecule has 2 rings (SSSR count). The number of alkyl halides is 3. The number of benzene rings is 1. The summed E-state index contributed by atoms with van der Waals surface area (Å²) in [4.78, 5) is 0. The van der Waals surface area contributed by atoms with E-state index >= 15 is 0 Å². The highest BCUT2D eigenvalue weighted by Crippen LogP contribution is 2.36. The number of nitrogens with two attached hydrogens (primary N) is 1. The second-order valence-corrected chi connectivity index (χ2v) is 3.43. The molecule has 0 saturated carbocycles. The van der Waals surface area contributed by atoms with Crippen LogP contribution in [-0.2, 0) is 12.7 Å². The van der Waals surface area contributed by atoms with E-state index in [4.69, 9.17) is 10.3 Å². The lowest BCUT2D eigenvalue weighted by Crippen LogP contribution is -2.06. The highest BCUT2D eigenvalue weighted by molar-refractivity contribution is 5.63. The van der Waals surface area contributed by atoms with Crippen LogP contribution in [0.5, 0.6) is 0 Å². The lowest BCUT2D eigenvalue weighted by molar-refractivity contribution is -0.137. The summed E-state index contributed by atoms with van der Waals surface area (Å²) in [5.41, 5.74) is 4.95. The molecule has 6 heteroatoms. The highest BCUT2D eigenvalue weighted by atomic mass is 19.4. The van der Waals surface area contributed by atoms with E-state index in [0.29, 0.717) is 5.69 Å².